The Bertz CT molecular complexity index is 1040. The van der Waals surface area contributed by atoms with Crippen LogP contribution in [0.25, 0.3) is 27.9 Å². The molecule has 5 heteroatoms. The SMILES string of the molecule is Cc1[nH]c2ccccc2c1-c1cn2c3c(nnc2n1)CCCC3. The van der Waals surface area contributed by atoms with E-state index in [0.717, 1.165) is 41.0 Å². The summed E-state index contributed by atoms with van der Waals surface area (Å²) in [5.41, 5.74) is 6.81. The van der Waals surface area contributed by atoms with Gasteiger partial charge in [-0.15, -0.1) is 5.10 Å². The topological polar surface area (TPSA) is 58.9 Å². The van der Waals surface area contributed by atoms with Gasteiger partial charge in [-0.1, -0.05) is 18.2 Å². The van der Waals surface area contributed by atoms with Crippen molar-refractivity contribution in [3.8, 4) is 11.3 Å². The highest BCUT2D eigenvalue weighted by Gasteiger charge is 2.19. The number of aryl methyl sites for hydroxylation is 3. The van der Waals surface area contributed by atoms with Gasteiger partial charge < -0.3 is 4.98 Å². The molecule has 0 fully saturated rings. The standard InChI is InChI=1S/C18H17N5/c1-11-17(12-6-2-3-7-13(12)19-11)15-10-23-16-9-5-4-8-14(16)21-22-18(23)20-15/h2-3,6-7,10,19H,4-5,8-9H2,1H3. The second-order valence-corrected chi connectivity index (χ2v) is 6.27. The Morgan fingerprint density at radius 3 is 2.91 bits per heavy atom. The van der Waals surface area contributed by atoms with Gasteiger partial charge in [0.15, 0.2) is 0 Å². The van der Waals surface area contributed by atoms with E-state index in [0.29, 0.717) is 5.78 Å². The minimum Gasteiger partial charge on any atom is -0.358 e. The van der Waals surface area contributed by atoms with Crippen LogP contribution in [0.5, 0.6) is 0 Å². The summed E-state index contributed by atoms with van der Waals surface area (Å²) in [5, 5.41) is 9.92. The van der Waals surface area contributed by atoms with Gasteiger partial charge >= 0.3 is 0 Å². The summed E-state index contributed by atoms with van der Waals surface area (Å²) in [7, 11) is 0. The quantitative estimate of drug-likeness (QED) is 0.586. The van der Waals surface area contributed by atoms with Crippen LogP contribution in [0, 0.1) is 6.92 Å². The van der Waals surface area contributed by atoms with Crippen molar-refractivity contribution in [3.05, 3.63) is 47.5 Å². The van der Waals surface area contributed by atoms with Gasteiger partial charge in [-0.05, 0) is 38.7 Å². The Hall–Kier alpha value is -2.69. The van der Waals surface area contributed by atoms with E-state index < -0.39 is 0 Å². The van der Waals surface area contributed by atoms with E-state index in [1.807, 2.05) is 6.07 Å². The highest BCUT2D eigenvalue weighted by molar-refractivity contribution is 5.96. The normalized spacial score (nSPS) is 14.5. The third kappa shape index (κ3) is 1.82. The Kier molecular flexibility index (Phi) is 2.59. The molecular weight excluding hydrogens is 286 g/mol. The first-order valence-corrected chi connectivity index (χ1v) is 8.12. The maximum atomic E-state index is 4.74. The summed E-state index contributed by atoms with van der Waals surface area (Å²) in [6.45, 7) is 2.10. The molecule has 0 saturated carbocycles. The van der Waals surface area contributed by atoms with Crippen molar-refractivity contribution in [1.29, 1.82) is 0 Å². The predicted molar refractivity (Wildman–Crippen MR) is 89.5 cm³/mol. The number of aromatic amines is 1. The van der Waals surface area contributed by atoms with Crippen LogP contribution in [0.3, 0.4) is 0 Å². The van der Waals surface area contributed by atoms with Gasteiger partial charge in [-0.3, -0.25) is 4.40 Å². The van der Waals surface area contributed by atoms with Crippen molar-refractivity contribution in [2.45, 2.75) is 32.6 Å². The number of hydrogen-bond acceptors (Lipinski definition) is 3. The molecule has 5 rings (SSSR count). The highest BCUT2D eigenvalue weighted by atomic mass is 15.2. The molecule has 5 nitrogen and oxygen atoms in total. The summed E-state index contributed by atoms with van der Waals surface area (Å²) >= 11 is 0. The van der Waals surface area contributed by atoms with E-state index in [1.165, 1.54) is 23.9 Å². The number of hydrogen-bond donors (Lipinski definition) is 1. The Labute approximate surface area is 133 Å². The number of benzene rings is 1. The van der Waals surface area contributed by atoms with Gasteiger partial charge in [0, 0.05) is 34.1 Å². The van der Waals surface area contributed by atoms with Crippen LogP contribution in [-0.4, -0.2) is 24.6 Å². The molecule has 0 saturated heterocycles. The first-order chi connectivity index (χ1) is 11.3. The molecule has 1 aromatic carbocycles. The average Bonchev–Trinajstić information content (AvgIpc) is 3.14. The number of nitrogens with zero attached hydrogens (tertiary/aromatic N) is 4. The first-order valence-electron chi connectivity index (χ1n) is 8.12. The van der Waals surface area contributed by atoms with Crippen LogP contribution in [0.2, 0.25) is 0 Å². The molecule has 0 atom stereocenters. The van der Waals surface area contributed by atoms with Crippen LogP contribution in [-0.2, 0) is 12.8 Å². The monoisotopic (exact) mass is 303 g/mol. The molecule has 3 heterocycles. The van der Waals surface area contributed by atoms with Crippen LogP contribution in [0.4, 0.5) is 0 Å². The van der Waals surface area contributed by atoms with E-state index >= 15 is 0 Å². The maximum Gasteiger partial charge on any atom is 0.254 e. The lowest BCUT2D eigenvalue weighted by molar-refractivity contribution is 0.627. The van der Waals surface area contributed by atoms with E-state index in [-0.39, 0.29) is 0 Å². The average molecular weight is 303 g/mol. The summed E-state index contributed by atoms with van der Waals surface area (Å²) in [6, 6.07) is 8.35. The molecule has 1 N–H and O–H groups in total. The van der Waals surface area contributed by atoms with Gasteiger partial charge in [-0.2, -0.15) is 5.10 Å². The van der Waals surface area contributed by atoms with Crippen molar-refractivity contribution < 1.29 is 0 Å². The Balaban J connectivity index is 1.78. The fraction of sp³-hybridized carbons (Fsp3) is 0.278. The van der Waals surface area contributed by atoms with Crippen molar-refractivity contribution in [3.63, 3.8) is 0 Å². The predicted octanol–water partition coefficient (Wildman–Crippen LogP) is 3.46. The molecule has 0 unspecified atom stereocenters. The van der Waals surface area contributed by atoms with Crippen LogP contribution >= 0.6 is 0 Å². The van der Waals surface area contributed by atoms with Crippen molar-refractivity contribution in [1.82, 2.24) is 24.6 Å². The molecular formula is C18H17N5. The van der Waals surface area contributed by atoms with Crippen LogP contribution in [0.15, 0.2) is 30.5 Å². The zero-order valence-corrected chi connectivity index (χ0v) is 13.0. The summed E-state index contributed by atoms with van der Waals surface area (Å²) in [5.74, 6) is 0.699. The molecule has 1 aliphatic carbocycles. The first kappa shape index (κ1) is 12.8. The smallest absolute Gasteiger partial charge is 0.254 e. The third-order valence-corrected chi connectivity index (χ3v) is 4.80. The van der Waals surface area contributed by atoms with Crippen molar-refractivity contribution in [2.75, 3.05) is 0 Å². The molecule has 0 radical (unpaired) electrons. The molecule has 3 aromatic heterocycles. The zero-order chi connectivity index (χ0) is 15.4. The van der Waals surface area contributed by atoms with Gasteiger partial charge in [0.25, 0.3) is 5.78 Å². The van der Waals surface area contributed by atoms with Crippen LogP contribution in [0.1, 0.15) is 29.9 Å². The van der Waals surface area contributed by atoms with E-state index in [1.54, 1.807) is 0 Å². The second-order valence-electron chi connectivity index (χ2n) is 6.27. The summed E-state index contributed by atoms with van der Waals surface area (Å²) in [4.78, 5) is 8.19. The fourth-order valence-corrected chi connectivity index (χ4v) is 3.71. The second kappa shape index (κ2) is 4.65. The summed E-state index contributed by atoms with van der Waals surface area (Å²) < 4.78 is 2.14. The Morgan fingerprint density at radius 1 is 1.09 bits per heavy atom. The number of fused-ring (bicyclic) bond motifs is 4. The van der Waals surface area contributed by atoms with E-state index in [2.05, 4.69) is 50.9 Å². The fourth-order valence-electron chi connectivity index (χ4n) is 3.71. The largest absolute Gasteiger partial charge is 0.358 e. The molecule has 0 bridgehead atoms. The molecule has 23 heavy (non-hydrogen) atoms. The van der Waals surface area contributed by atoms with Crippen molar-refractivity contribution >= 4 is 16.7 Å². The number of imidazole rings is 1. The molecule has 1 aliphatic rings. The summed E-state index contributed by atoms with van der Waals surface area (Å²) in [6.07, 6.45) is 6.63. The number of nitrogens with one attached hydrogen (secondary N) is 1. The van der Waals surface area contributed by atoms with Gasteiger partial charge in [-0.25, -0.2) is 4.98 Å². The number of rotatable bonds is 1. The third-order valence-electron chi connectivity index (χ3n) is 4.80. The number of H-pyrrole nitrogens is 1. The van der Waals surface area contributed by atoms with Gasteiger partial charge in [0.05, 0.1) is 11.4 Å². The number of para-hydroxylation sites is 1. The van der Waals surface area contributed by atoms with E-state index in [4.69, 9.17) is 4.98 Å². The molecule has 114 valence electrons. The minimum absolute atomic E-state index is 0.699. The molecule has 4 aromatic rings. The maximum absolute atomic E-state index is 4.74. The minimum atomic E-state index is 0.699. The zero-order valence-electron chi connectivity index (χ0n) is 13.0. The van der Waals surface area contributed by atoms with Gasteiger partial charge in [0.2, 0.25) is 0 Å². The highest BCUT2D eigenvalue weighted by Crippen LogP contribution is 2.32. The lowest BCUT2D eigenvalue weighted by Gasteiger charge is -2.14. The number of aromatic nitrogens is 5. The van der Waals surface area contributed by atoms with E-state index in [9.17, 15) is 0 Å². The molecule has 0 spiro atoms. The Morgan fingerprint density at radius 2 is 1.96 bits per heavy atom. The molecule has 0 aliphatic heterocycles. The van der Waals surface area contributed by atoms with Gasteiger partial charge in [0.1, 0.15) is 0 Å². The lowest BCUT2D eigenvalue weighted by atomic mass is 10.0. The van der Waals surface area contributed by atoms with Crippen LogP contribution < -0.4 is 0 Å². The molecule has 0 amide bonds. The van der Waals surface area contributed by atoms with Crippen molar-refractivity contribution in [2.24, 2.45) is 0 Å². The lowest BCUT2D eigenvalue weighted by Crippen LogP contribution is -2.12.